The molecule has 0 bridgehead atoms. The second-order valence-electron chi connectivity index (χ2n) is 4.25. The number of hydrogen-bond acceptors (Lipinski definition) is 3. The molecule has 0 aliphatic carbocycles. The Kier molecular flexibility index (Phi) is 3.00. The zero-order valence-corrected chi connectivity index (χ0v) is 10.3. The predicted octanol–water partition coefficient (Wildman–Crippen LogP) is 3.38. The fourth-order valence-electron chi connectivity index (χ4n) is 1.59. The maximum atomic E-state index is 5.87. The van der Waals surface area contributed by atoms with Crippen LogP contribution < -0.4 is 10.5 Å². The Hall–Kier alpha value is -2.03. The minimum atomic E-state index is 0.585. The highest BCUT2D eigenvalue weighted by molar-refractivity contribution is 5.54. The van der Waals surface area contributed by atoms with Crippen LogP contribution in [0.3, 0.4) is 0 Å². The Labute approximate surface area is 101 Å². The van der Waals surface area contributed by atoms with Crippen molar-refractivity contribution in [1.82, 2.24) is 4.98 Å². The molecule has 0 fully saturated rings. The summed E-state index contributed by atoms with van der Waals surface area (Å²) < 4.78 is 5.71. The van der Waals surface area contributed by atoms with Gasteiger partial charge in [-0.3, -0.25) is 0 Å². The van der Waals surface area contributed by atoms with Crippen LogP contribution in [0.5, 0.6) is 11.6 Å². The van der Waals surface area contributed by atoms with Crippen LogP contribution >= 0.6 is 0 Å². The van der Waals surface area contributed by atoms with Crippen LogP contribution in [0.4, 0.5) is 5.69 Å². The van der Waals surface area contributed by atoms with Crippen LogP contribution in [-0.4, -0.2) is 4.98 Å². The molecule has 0 aliphatic rings. The molecule has 88 valence electrons. The summed E-state index contributed by atoms with van der Waals surface area (Å²) in [5.74, 6) is 1.34. The summed E-state index contributed by atoms with van der Waals surface area (Å²) in [6, 6.07) is 7.67. The van der Waals surface area contributed by atoms with Gasteiger partial charge in [0.05, 0.1) is 0 Å². The smallest absolute Gasteiger partial charge is 0.219 e. The second kappa shape index (κ2) is 4.45. The maximum Gasteiger partial charge on any atom is 0.219 e. The number of aryl methyl sites for hydroxylation is 3. The summed E-state index contributed by atoms with van der Waals surface area (Å²) in [6.07, 6.45) is 1.78. The molecule has 3 nitrogen and oxygen atoms in total. The van der Waals surface area contributed by atoms with Crippen LogP contribution in [-0.2, 0) is 0 Å². The number of ether oxygens (including phenoxy) is 1. The first-order valence-corrected chi connectivity index (χ1v) is 5.53. The Morgan fingerprint density at radius 1 is 1.06 bits per heavy atom. The van der Waals surface area contributed by atoms with Gasteiger partial charge in [-0.1, -0.05) is 12.1 Å². The van der Waals surface area contributed by atoms with Crippen molar-refractivity contribution in [3.05, 3.63) is 47.2 Å². The molecule has 3 heteroatoms. The van der Waals surface area contributed by atoms with E-state index in [1.165, 1.54) is 0 Å². The van der Waals surface area contributed by atoms with E-state index in [1.807, 2.05) is 45.0 Å². The molecule has 0 unspecified atom stereocenters. The normalized spacial score (nSPS) is 10.3. The Morgan fingerprint density at radius 2 is 1.82 bits per heavy atom. The van der Waals surface area contributed by atoms with E-state index in [0.717, 1.165) is 28.1 Å². The topological polar surface area (TPSA) is 48.1 Å². The lowest BCUT2D eigenvalue weighted by Gasteiger charge is -2.10. The summed E-state index contributed by atoms with van der Waals surface area (Å²) >= 11 is 0. The summed E-state index contributed by atoms with van der Waals surface area (Å²) in [5, 5.41) is 0. The van der Waals surface area contributed by atoms with Crippen molar-refractivity contribution in [2.24, 2.45) is 0 Å². The number of benzene rings is 1. The summed E-state index contributed by atoms with van der Waals surface area (Å²) in [7, 11) is 0. The van der Waals surface area contributed by atoms with Gasteiger partial charge >= 0.3 is 0 Å². The van der Waals surface area contributed by atoms with Crippen LogP contribution in [0.15, 0.2) is 30.5 Å². The number of hydrogen-bond donors (Lipinski definition) is 1. The van der Waals surface area contributed by atoms with Crippen molar-refractivity contribution < 1.29 is 4.74 Å². The number of nitrogens with two attached hydrogens (primary N) is 1. The Morgan fingerprint density at radius 3 is 2.47 bits per heavy atom. The Balaban J connectivity index is 2.30. The molecule has 0 atom stereocenters. The number of nitrogens with zero attached hydrogens (tertiary/aromatic N) is 1. The molecule has 2 N–H and O–H groups in total. The lowest BCUT2D eigenvalue weighted by Crippen LogP contribution is -1.95. The number of aromatic nitrogens is 1. The van der Waals surface area contributed by atoms with Gasteiger partial charge in [0.2, 0.25) is 5.88 Å². The molecule has 0 saturated carbocycles. The second-order valence-corrected chi connectivity index (χ2v) is 4.25. The monoisotopic (exact) mass is 228 g/mol. The van der Waals surface area contributed by atoms with E-state index in [4.69, 9.17) is 10.5 Å². The van der Waals surface area contributed by atoms with Gasteiger partial charge in [-0.2, -0.15) is 0 Å². The molecule has 0 saturated heterocycles. The first-order chi connectivity index (χ1) is 8.06. The third kappa shape index (κ3) is 2.56. The average Bonchev–Trinajstić information content (AvgIpc) is 2.29. The van der Waals surface area contributed by atoms with Gasteiger partial charge in [0.15, 0.2) is 0 Å². The third-order valence-corrected chi connectivity index (χ3v) is 2.66. The minimum absolute atomic E-state index is 0.585. The molecule has 0 spiro atoms. The fourth-order valence-corrected chi connectivity index (χ4v) is 1.59. The summed E-state index contributed by atoms with van der Waals surface area (Å²) in [6.45, 7) is 5.97. The zero-order valence-electron chi connectivity index (χ0n) is 10.3. The lowest BCUT2D eigenvalue weighted by atomic mass is 10.1. The maximum absolute atomic E-state index is 5.87. The quantitative estimate of drug-likeness (QED) is 0.801. The molecule has 17 heavy (non-hydrogen) atoms. The first kappa shape index (κ1) is 11.5. The van der Waals surface area contributed by atoms with E-state index in [1.54, 1.807) is 6.20 Å². The molecule has 1 aromatic heterocycles. The van der Waals surface area contributed by atoms with Gasteiger partial charge < -0.3 is 10.5 Å². The van der Waals surface area contributed by atoms with Crippen molar-refractivity contribution in [3.63, 3.8) is 0 Å². The van der Waals surface area contributed by atoms with Crippen LogP contribution in [0.1, 0.15) is 16.7 Å². The van der Waals surface area contributed by atoms with E-state index >= 15 is 0 Å². The van der Waals surface area contributed by atoms with Gasteiger partial charge in [0, 0.05) is 24.0 Å². The number of nitrogen functional groups attached to an aromatic ring is 1. The summed E-state index contributed by atoms with van der Waals surface area (Å²) in [5.41, 5.74) is 9.83. The fraction of sp³-hybridized carbons (Fsp3) is 0.214. The van der Waals surface area contributed by atoms with Gasteiger partial charge in [-0.25, -0.2) is 4.98 Å². The van der Waals surface area contributed by atoms with E-state index in [2.05, 4.69) is 4.98 Å². The van der Waals surface area contributed by atoms with Crippen LogP contribution in [0.2, 0.25) is 0 Å². The van der Waals surface area contributed by atoms with Crippen LogP contribution in [0, 0.1) is 20.8 Å². The Bertz CT molecular complexity index is 533. The molecule has 1 heterocycles. The van der Waals surface area contributed by atoms with E-state index in [0.29, 0.717) is 5.88 Å². The number of rotatable bonds is 2. The predicted molar refractivity (Wildman–Crippen MR) is 69.4 cm³/mol. The number of anilines is 1. The van der Waals surface area contributed by atoms with E-state index in [9.17, 15) is 0 Å². The molecule has 2 aromatic rings. The van der Waals surface area contributed by atoms with Crippen molar-refractivity contribution in [3.8, 4) is 11.6 Å². The minimum Gasteiger partial charge on any atom is -0.439 e. The zero-order chi connectivity index (χ0) is 12.4. The van der Waals surface area contributed by atoms with Gasteiger partial charge in [0.25, 0.3) is 0 Å². The largest absolute Gasteiger partial charge is 0.439 e. The van der Waals surface area contributed by atoms with Gasteiger partial charge in [-0.15, -0.1) is 0 Å². The molecule has 1 aromatic carbocycles. The average molecular weight is 228 g/mol. The standard InChI is InChI=1S/C14H16N2O/c1-9-4-5-14(16-8-9)17-13-7-12(15)10(2)6-11(13)3/h4-8H,15H2,1-3H3. The lowest BCUT2D eigenvalue weighted by molar-refractivity contribution is 0.459. The highest BCUT2D eigenvalue weighted by Crippen LogP contribution is 2.28. The molecule has 0 aliphatic heterocycles. The summed E-state index contributed by atoms with van der Waals surface area (Å²) in [4.78, 5) is 4.20. The van der Waals surface area contributed by atoms with Crippen molar-refractivity contribution >= 4 is 5.69 Å². The third-order valence-electron chi connectivity index (χ3n) is 2.66. The van der Waals surface area contributed by atoms with E-state index in [-0.39, 0.29) is 0 Å². The van der Waals surface area contributed by atoms with Crippen molar-refractivity contribution in [1.29, 1.82) is 0 Å². The SMILES string of the molecule is Cc1ccc(Oc2cc(N)c(C)cc2C)nc1. The van der Waals surface area contributed by atoms with Gasteiger partial charge in [0.1, 0.15) is 5.75 Å². The van der Waals surface area contributed by atoms with Crippen LogP contribution in [0.25, 0.3) is 0 Å². The highest BCUT2D eigenvalue weighted by atomic mass is 16.5. The van der Waals surface area contributed by atoms with Crippen molar-refractivity contribution in [2.75, 3.05) is 5.73 Å². The van der Waals surface area contributed by atoms with E-state index < -0.39 is 0 Å². The number of pyridine rings is 1. The van der Waals surface area contributed by atoms with Gasteiger partial charge in [-0.05, 0) is 37.5 Å². The van der Waals surface area contributed by atoms with Crippen molar-refractivity contribution in [2.45, 2.75) is 20.8 Å². The molecule has 2 rings (SSSR count). The molecular formula is C14H16N2O. The first-order valence-electron chi connectivity index (χ1n) is 5.53. The molecule has 0 amide bonds. The molecular weight excluding hydrogens is 212 g/mol. The molecule has 0 radical (unpaired) electrons. The highest BCUT2D eigenvalue weighted by Gasteiger charge is 2.05.